The molecule has 1 N–H and O–H groups in total. The maximum atomic E-state index is 12.6. The summed E-state index contributed by atoms with van der Waals surface area (Å²) in [5.41, 5.74) is 0. The van der Waals surface area contributed by atoms with Crippen molar-refractivity contribution >= 4 is 5.91 Å². The number of amides is 1. The van der Waals surface area contributed by atoms with Crippen molar-refractivity contribution in [3.8, 4) is 0 Å². The van der Waals surface area contributed by atoms with Crippen LogP contribution < -0.4 is 5.32 Å². The van der Waals surface area contributed by atoms with Crippen LogP contribution >= 0.6 is 0 Å². The van der Waals surface area contributed by atoms with Gasteiger partial charge in [-0.05, 0) is 57.5 Å². The lowest BCUT2D eigenvalue weighted by atomic mass is 9.87. The summed E-state index contributed by atoms with van der Waals surface area (Å²) in [6.45, 7) is 6.45. The predicted molar refractivity (Wildman–Crippen MR) is 67.6 cm³/mol. The number of carbonyl (C=O) groups excluding carboxylic acids is 1. The van der Waals surface area contributed by atoms with Crippen molar-refractivity contribution < 1.29 is 4.79 Å². The lowest BCUT2D eigenvalue weighted by Gasteiger charge is -2.37. The monoisotopic (exact) mass is 236 g/mol. The molecule has 0 bridgehead atoms. The van der Waals surface area contributed by atoms with Gasteiger partial charge in [-0.1, -0.05) is 6.92 Å². The maximum absolute atomic E-state index is 12.6. The SMILES string of the molecule is CC(C(=O)N(C1CC1)C(C)C1CC1)C1CNC1. The Hall–Kier alpha value is -0.570. The first-order valence-corrected chi connectivity index (χ1v) is 7.21. The van der Waals surface area contributed by atoms with Gasteiger partial charge in [-0.2, -0.15) is 0 Å². The minimum Gasteiger partial charge on any atom is -0.336 e. The standard InChI is InChI=1S/C14H24N2O/c1-9(12-7-15-8-12)14(17)16(13-5-6-13)10(2)11-3-4-11/h9-13,15H,3-8H2,1-2H3. The van der Waals surface area contributed by atoms with E-state index in [-0.39, 0.29) is 5.92 Å². The molecule has 1 amide bonds. The second-order valence-corrected chi connectivity index (χ2v) is 6.26. The van der Waals surface area contributed by atoms with Crippen molar-refractivity contribution in [1.29, 1.82) is 0 Å². The smallest absolute Gasteiger partial charge is 0.226 e. The number of carbonyl (C=O) groups is 1. The molecule has 3 heteroatoms. The lowest BCUT2D eigenvalue weighted by Crippen LogP contribution is -2.52. The van der Waals surface area contributed by atoms with Crippen molar-refractivity contribution in [2.75, 3.05) is 13.1 Å². The Kier molecular flexibility index (Phi) is 2.89. The molecule has 2 aliphatic carbocycles. The van der Waals surface area contributed by atoms with Crippen LogP contribution in [0, 0.1) is 17.8 Å². The third-order valence-electron chi connectivity index (χ3n) is 4.85. The fourth-order valence-electron chi connectivity index (χ4n) is 2.97. The van der Waals surface area contributed by atoms with Crippen LogP contribution in [0.25, 0.3) is 0 Å². The zero-order chi connectivity index (χ0) is 12.0. The summed E-state index contributed by atoms with van der Waals surface area (Å²) in [6, 6.07) is 1.07. The van der Waals surface area contributed by atoms with Gasteiger partial charge in [0.05, 0.1) is 0 Å². The molecule has 2 atom stereocenters. The molecule has 0 aromatic heterocycles. The van der Waals surface area contributed by atoms with Crippen LogP contribution in [0.3, 0.4) is 0 Å². The van der Waals surface area contributed by atoms with Gasteiger partial charge in [0.2, 0.25) is 5.91 Å². The van der Waals surface area contributed by atoms with Crippen LogP contribution in [0.4, 0.5) is 0 Å². The highest BCUT2D eigenvalue weighted by molar-refractivity contribution is 5.80. The van der Waals surface area contributed by atoms with E-state index < -0.39 is 0 Å². The molecular weight excluding hydrogens is 212 g/mol. The second-order valence-electron chi connectivity index (χ2n) is 6.26. The average Bonchev–Trinajstić information content (AvgIpc) is 3.08. The van der Waals surface area contributed by atoms with Crippen molar-refractivity contribution in [1.82, 2.24) is 10.2 Å². The van der Waals surface area contributed by atoms with E-state index in [4.69, 9.17) is 0 Å². The first kappa shape index (κ1) is 11.5. The van der Waals surface area contributed by atoms with E-state index in [9.17, 15) is 4.79 Å². The number of hydrogen-bond acceptors (Lipinski definition) is 2. The molecule has 3 fully saturated rings. The van der Waals surface area contributed by atoms with Gasteiger partial charge in [0.15, 0.2) is 0 Å². The van der Waals surface area contributed by atoms with Crippen LogP contribution in [0.15, 0.2) is 0 Å². The van der Waals surface area contributed by atoms with E-state index in [0.29, 0.717) is 23.9 Å². The summed E-state index contributed by atoms with van der Waals surface area (Å²) < 4.78 is 0. The summed E-state index contributed by atoms with van der Waals surface area (Å²) in [5.74, 6) is 2.03. The molecule has 1 saturated heterocycles. The number of rotatable bonds is 5. The van der Waals surface area contributed by atoms with Crippen LogP contribution in [-0.4, -0.2) is 36.0 Å². The highest BCUT2D eigenvalue weighted by Crippen LogP contribution is 2.40. The highest BCUT2D eigenvalue weighted by Gasteiger charge is 2.44. The molecule has 0 aromatic rings. The van der Waals surface area contributed by atoms with Gasteiger partial charge in [0.25, 0.3) is 0 Å². The van der Waals surface area contributed by atoms with E-state index in [1.165, 1.54) is 25.7 Å². The average molecular weight is 236 g/mol. The second kappa shape index (κ2) is 4.27. The molecule has 1 heterocycles. The Morgan fingerprint density at radius 3 is 2.18 bits per heavy atom. The zero-order valence-electron chi connectivity index (χ0n) is 11.0. The number of hydrogen-bond donors (Lipinski definition) is 1. The normalized spacial score (nSPS) is 28.4. The Balaban J connectivity index is 1.66. The molecule has 96 valence electrons. The van der Waals surface area contributed by atoms with E-state index in [1.54, 1.807) is 0 Å². The fourth-order valence-corrected chi connectivity index (χ4v) is 2.97. The molecule has 2 unspecified atom stereocenters. The zero-order valence-corrected chi connectivity index (χ0v) is 11.0. The Labute approximate surface area is 104 Å². The van der Waals surface area contributed by atoms with Crippen LogP contribution in [0.5, 0.6) is 0 Å². The van der Waals surface area contributed by atoms with Crippen molar-refractivity contribution in [3.05, 3.63) is 0 Å². The van der Waals surface area contributed by atoms with Gasteiger partial charge in [-0.15, -0.1) is 0 Å². The molecule has 3 rings (SSSR count). The molecular formula is C14H24N2O. The Morgan fingerprint density at radius 2 is 1.76 bits per heavy atom. The molecule has 0 spiro atoms. The van der Waals surface area contributed by atoms with E-state index in [1.807, 2.05) is 0 Å². The predicted octanol–water partition coefficient (Wildman–Crippen LogP) is 1.63. The third-order valence-corrected chi connectivity index (χ3v) is 4.85. The summed E-state index contributed by atoms with van der Waals surface area (Å²) in [5, 5.41) is 3.27. The topological polar surface area (TPSA) is 32.3 Å². The molecule has 0 radical (unpaired) electrons. The Morgan fingerprint density at radius 1 is 1.12 bits per heavy atom. The van der Waals surface area contributed by atoms with Gasteiger partial charge >= 0.3 is 0 Å². The molecule has 1 aliphatic heterocycles. The van der Waals surface area contributed by atoms with Gasteiger partial charge in [-0.3, -0.25) is 4.79 Å². The van der Waals surface area contributed by atoms with Crippen molar-refractivity contribution in [2.45, 2.75) is 51.6 Å². The first-order chi connectivity index (χ1) is 8.18. The summed E-state index contributed by atoms with van der Waals surface area (Å²) >= 11 is 0. The largest absolute Gasteiger partial charge is 0.336 e. The molecule has 0 aromatic carbocycles. The van der Waals surface area contributed by atoms with Crippen LogP contribution in [-0.2, 0) is 4.79 Å². The molecule has 3 aliphatic rings. The van der Waals surface area contributed by atoms with Gasteiger partial charge in [0, 0.05) is 18.0 Å². The summed E-state index contributed by atoms with van der Waals surface area (Å²) in [4.78, 5) is 14.9. The molecule has 2 saturated carbocycles. The quantitative estimate of drug-likeness (QED) is 0.787. The van der Waals surface area contributed by atoms with Gasteiger partial charge in [0.1, 0.15) is 0 Å². The summed E-state index contributed by atoms with van der Waals surface area (Å²) in [6.07, 6.45) is 5.13. The van der Waals surface area contributed by atoms with Crippen LogP contribution in [0.2, 0.25) is 0 Å². The summed E-state index contributed by atoms with van der Waals surface area (Å²) in [7, 11) is 0. The van der Waals surface area contributed by atoms with E-state index in [0.717, 1.165) is 19.0 Å². The lowest BCUT2D eigenvalue weighted by molar-refractivity contribution is -0.140. The molecule has 3 nitrogen and oxygen atoms in total. The van der Waals surface area contributed by atoms with Crippen molar-refractivity contribution in [2.24, 2.45) is 17.8 Å². The minimum absolute atomic E-state index is 0.220. The minimum atomic E-state index is 0.220. The van der Waals surface area contributed by atoms with E-state index in [2.05, 4.69) is 24.1 Å². The maximum Gasteiger partial charge on any atom is 0.226 e. The number of nitrogens with zero attached hydrogens (tertiary/aromatic N) is 1. The van der Waals surface area contributed by atoms with E-state index >= 15 is 0 Å². The fraction of sp³-hybridized carbons (Fsp3) is 0.929. The third kappa shape index (κ3) is 2.22. The van der Waals surface area contributed by atoms with Crippen LogP contribution in [0.1, 0.15) is 39.5 Å². The Bertz CT molecular complexity index is 305. The van der Waals surface area contributed by atoms with Crippen molar-refractivity contribution in [3.63, 3.8) is 0 Å². The highest BCUT2D eigenvalue weighted by atomic mass is 16.2. The van der Waals surface area contributed by atoms with Gasteiger partial charge < -0.3 is 10.2 Å². The number of nitrogens with one attached hydrogen (secondary N) is 1. The first-order valence-electron chi connectivity index (χ1n) is 7.21. The molecule has 17 heavy (non-hydrogen) atoms. The van der Waals surface area contributed by atoms with Gasteiger partial charge in [-0.25, -0.2) is 0 Å².